The number of Topliss-reactive ketones (excluding diaryl/α,β-unsaturated/α-hetero) is 1. The number of rotatable bonds is 8. The van der Waals surface area contributed by atoms with Crippen LogP contribution in [-0.4, -0.2) is 40.5 Å². The Labute approximate surface area is 172 Å². The van der Waals surface area contributed by atoms with Crippen LogP contribution in [0.25, 0.3) is 11.4 Å². The zero-order chi connectivity index (χ0) is 20.1. The number of benzene rings is 2. The number of ether oxygens (including phenoxy) is 2. The van der Waals surface area contributed by atoms with Gasteiger partial charge < -0.3 is 14.0 Å². The molecule has 0 spiro atoms. The van der Waals surface area contributed by atoms with Gasteiger partial charge in [0.15, 0.2) is 28.3 Å². The van der Waals surface area contributed by atoms with E-state index in [1.165, 1.54) is 11.8 Å². The Morgan fingerprint density at radius 3 is 2.57 bits per heavy atom. The van der Waals surface area contributed by atoms with Gasteiger partial charge in [-0.15, -0.1) is 10.2 Å². The van der Waals surface area contributed by atoms with Crippen molar-refractivity contribution < 1.29 is 14.3 Å². The van der Waals surface area contributed by atoms with E-state index in [-0.39, 0.29) is 11.5 Å². The Kier molecular flexibility index (Phi) is 6.59. The molecular formula is C20H20ClN3O3S. The highest BCUT2D eigenvalue weighted by molar-refractivity contribution is 7.99. The molecule has 28 heavy (non-hydrogen) atoms. The normalized spacial score (nSPS) is 10.7. The summed E-state index contributed by atoms with van der Waals surface area (Å²) in [6.45, 7) is 2.69. The fraction of sp³-hybridized carbons (Fsp3) is 0.250. The van der Waals surface area contributed by atoms with Crippen molar-refractivity contribution >= 4 is 29.1 Å². The minimum Gasteiger partial charge on any atom is -0.493 e. The molecule has 0 aliphatic carbocycles. The molecule has 0 aliphatic heterocycles. The molecule has 1 heterocycles. The Morgan fingerprint density at radius 2 is 1.89 bits per heavy atom. The van der Waals surface area contributed by atoms with Crippen LogP contribution in [0.2, 0.25) is 5.02 Å². The van der Waals surface area contributed by atoms with Crippen LogP contribution in [0.15, 0.2) is 47.6 Å². The average Bonchev–Trinajstić information content (AvgIpc) is 3.14. The molecule has 0 radical (unpaired) electrons. The summed E-state index contributed by atoms with van der Waals surface area (Å²) in [5, 5.41) is 9.87. The third-order valence-electron chi connectivity index (χ3n) is 4.15. The van der Waals surface area contributed by atoms with E-state index in [1.807, 2.05) is 35.8 Å². The van der Waals surface area contributed by atoms with Crippen molar-refractivity contribution in [3.8, 4) is 22.9 Å². The molecule has 3 aromatic rings. The first-order chi connectivity index (χ1) is 13.6. The van der Waals surface area contributed by atoms with Gasteiger partial charge in [-0.25, -0.2) is 0 Å². The van der Waals surface area contributed by atoms with Crippen molar-refractivity contribution in [2.24, 2.45) is 0 Å². The first-order valence-corrected chi connectivity index (χ1v) is 10.0. The first kappa shape index (κ1) is 20.2. The Bertz CT molecular complexity index is 991. The summed E-state index contributed by atoms with van der Waals surface area (Å²) in [5.74, 6) is 2.05. The Morgan fingerprint density at radius 1 is 1.11 bits per heavy atom. The second kappa shape index (κ2) is 9.12. The molecule has 0 amide bonds. The molecule has 1 aromatic heterocycles. The highest BCUT2D eigenvalue weighted by Gasteiger charge is 2.16. The lowest BCUT2D eigenvalue weighted by Gasteiger charge is -2.09. The van der Waals surface area contributed by atoms with Crippen molar-refractivity contribution in [1.29, 1.82) is 0 Å². The van der Waals surface area contributed by atoms with E-state index in [1.54, 1.807) is 32.4 Å². The molecule has 0 N–H and O–H groups in total. The van der Waals surface area contributed by atoms with Gasteiger partial charge in [0, 0.05) is 22.7 Å². The van der Waals surface area contributed by atoms with Gasteiger partial charge in [0.2, 0.25) is 0 Å². The second-order valence-electron chi connectivity index (χ2n) is 5.84. The summed E-state index contributed by atoms with van der Waals surface area (Å²) in [6.07, 6.45) is 0. The first-order valence-electron chi connectivity index (χ1n) is 8.64. The molecule has 8 heteroatoms. The molecule has 0 saturated carbocycles. The zero-order valence-electron chi connectivity index (χ0n) is 15.8. The smallest absolute Gasteiger partial charge is 0.191 e. The number of methoxy groups -OCH3 is 2. The maximum absolute atomic E-state index is 12.6. The van der Waals surface area contributed by atoms with Crippen molar-refractivity contribution in [3.05, 3.63) is 53.1 Å². The molecule has 0 bridgehead atoms. The van der Waals surface area contributed by atoms with E-state index in [0.29, 0.717) is 33.8 Å². The highest BCUT2D eigenvalue weighted by atomic mass is 35.5. The van der Waals surface area contributed by atoms with Crippen LogP contribution >= 0.6 is 23.4 Å². The van der Waals surface area contributed by atoms with Gasteiger partial charge in [-0.05, 0) is 37.3 Å². The van der Waals surface area contributed by atoms with Crippen LogP contribution in [-0.2, 0) is 6.54 Å². The maximum atomic E-state index is 12.6. The monoisotopic (exact) mass is 417 g/mol. The van der Waals surface area contributed by atoms with Crippen LogP contribution in [0.1, 0.15) is 17.3 Å². The fourth-order valence-electron chi connectivity index (χ4n) is 2.74. The summed E-state index contributed by atoms with van der Waals surface area (Å²) in [7, 11) is 3.10. The SMILES string of the molecule is CCn1c(SCC(=O)c2ccc(OC)c(OC)c2)nnc1-c1cccc(Cl)c1. The number of ketones is 1. The standard InChI is InChI=1S/C20H20ClN3O3S/c1-4-24-19(14-6-5-7-15(21)10-14)22-23-20(24)28-12-16(25)13-8-9-17(26-2)18(11-13)27-3/h5-11H,4,12H2,1-3H3. The lowest BCUT2D eigenvalue weighted by Crippen LogP contribution is -2.06. The lowest BCUT2D eigenvalue weighted by molar-refractivity contribution is 0.102. The van der Waals surface area contributed by atoms with E-state index >= 15 is 0 Å². The predicted molar refractivity (Wildman–Crippen MR) is 111 cm³/mol. The minimum absolute atomic E-state index is 0.0269. The van der Waals surface area contributed by atoms with Crippen molar-refractivity contribution in [3.63, 3.8) is 0 Å². The Balaban J connectivity index is 1.77. The van der Waals surface area contributed by atoms with Gasteiger partial charge in [-0.1, -0.05) is 35.5 Å². The third-order valence-corrected chi connectivity index (χ3v) is 5.36. The number of thioether (sulfide) groups is 1. The lowest BCUT2D eigenvalue weighted by atomic mass is 10.1. The quantitative estimate of drug-likeness (QED) is 0.394. The maximum Gasteiger partial charge on any atom is 0.191 e. The predicted octanol–water partition coefficient (Wildman–Crippen LogP) is 4.61. The highest BCUT2D eigenvalue weighted by Crippen LogP contribution is 2.29. The summed E-state index contributed by atoms with van der Waals surface area (Å²) < 4.78 is 12.4. The number of aromatic nitrogens is 3. The molecule has 2 aromatic carbocycles. The molecule has 0 saturated heterocycles. The van der Waals surface area contributed by atoms with E-state index in [9.17, 15) is 4.79 Å². The summed E-state index contributed by atoms with van der Waals surface area (Å²) in [5.41, 5.74) is 1.45. The van der Waals surface area contributed by atoms with E-state index < -0.39 is 0 Å². The molecule has 6 nitrogen and oxygen atoms in total. The molecule has 0 aliphatic rings. The van der Waals surface area contributed by atoms with E-state index in [4.69, 9.17) is 21.1 Å². The van der Waals surface area contributed by atoms with Gasteiger partial charge in [-0.2, -0.15) is 0 Å². The molecular weight excluding hydrogens is 398 g/mol. The topological polar surface area (TPSA) is 66.2 Å². The van der Waals surface area contributed by atoms with Crippen molar-refractivity contribution in [2.45, 2.75) is 18.6 Å². The Hall–Kier alpha value is -2.51. The minimum atomic E-state index is -0.0269. The van der Waals surface area contributed by atoms with Crippen LogP contribution in [0.5, 0.6) is 11.5 Å². The van der Waals surface area contributed by atoms with Crippen LogP contribution in [0, 0.1) is 0 Å². The number of hydrogen-bond donors (Lipinski definition) is 0. The zero-order valence-corrected chi connectivity index (χ0v) is 17.4. The fourth-order valence-corrected chi connectivity index (χ4v) is 3.83. The third kappa shape index (κ3) is 4.31. The van der Waals surface area contributed by atoms with Crippen molar-refractivity contribution in [2.75, 3.05) is 20.0 Å². The van der Waals surface area contributed by atoms with E-state index in [2.05, 4.69) is 10.2 Å². The number of carbonyl (C=O) groups excluding carboxylic acids is 1. The molecule has 3 rings (SSSR count). The van der Waals surface area contributed by atoms with Gasteiger partial charge in [-0.3, -0.25) is 4.79 Å². The number of nitrogens with zero attached hydrogens (tertiary/aromatic N) is 3. The van der Waals surface area contributed by atoms with Crippen molar-refractivity contribution in [1.82, 2.24) is 14.8 Å². The summed E-state index contributed by atoms with van der Waals surface area (Å²) in [4.78, 5) is 12.6. The average molecular weight is 418 g/mol. The number of hydrogen-bond acceptors (Lipinski definition) is 6. The molecule has 0 atom stereocenters. The molecule has 0 fully saturated rings. The molecule has 0 unspecified atom stereocenters. The van der Waals surface area contributed by atoms with Crippen LogP contribution < -0.4 is 9.47 Å². The van der Waals surface area contributed by atoms with Gasteiger partial charge in [0.05, 0.1) is 20.0 Å². The van der Waals surface area contributed by atoms with Crippen LogP contribution in [0.3, 0.4) is 0 Å². The number of halogens is 1. The second-order valence-corrected chi connectivity index (χ2v) is 7.22. The van der Waals surface area contributed by atoms with E-state index in [0.717, 1.165) is 11.4 Å². The summed E-state index contributed by atoms with van der Waals surface area (Å²) >= 11 is 7.44. The molecule has 146 valence electrons. The van der Waals surface area contributed by atoms with Crippen LogP contribution in [0.4, 0.5) is 0 Å². The van der Waals surface area contributed by atoms with Gasteiger partial charge in [0.25, 0.3) is 0 Å². The van der Waals surface area contributed by atoms with Gasteiger partial charge >= 0.3 is 0 Å². The van der Waals surface area contributed by atoms with Gasteiger partial charge in [0.1, 0.15) is 0 Å². The number of carbonyl (C=O) groups is 1. The summed E-state index contributed by atoms with van der Waals surface area (Å²) in [6, 6.07) is 12.6. The largest absolute Gasteiger partial charge is 0.493 e.